The number of ether oxygens (including phenoxy) is 2. The van der Waals surface area contributed by atoms with Crippen LogP contribution in [0.2, 0.25) is 0 Å². The molecule has 0 bridgehead atoms. The number of urea groups is 1. The van der Waals surface area contributed by atoms with Gasteiger partial charge in [-0.1, -0.05) is 19.1 Å². The first-order valence-corrected chi connectivity index (χ1v) is 16.9. The Morgan fingerprint density at radius 2 is 1.76 bits per heavy atom. The van der Waals surface area contributed by atoms with Gasteiger partial charge in [0, 0.05) is 17.7 Å². The number of fused-ring (bicyclic) bond motifs is 1. The van der Waals surface area contributed by atoms with E-state index in [1.165, 1.54) is 24.3 Å². The highest BCUT2D eigenvalue weighted by Crippen LogP contribution is 2.34. The molecule has 4 N–H and O–H groups in total. The van der Waals surface area contributed by atoms with Crippen molar-refractivity contribution in [3.05, 3.63) is 77.9 Å². The molecule has 2 aliphatic rings. The first kappa shape index (κ1) is 32.9. The second-order valence-corrected chi connectivity index (χ2v) is 13.9. The van der Waals surface area contributed by atoms with Gasteiger partial charge in [0.1, 0.15) is 24.1 Å². The Labute approximate surface area is 269 Å². The molecular formula is C33H41N4O8S+. The zero-order valence-corrected chi connectivity index (χ0v) is 26.9. The molecule has 2 heterocycles. The number of rotatable bonds is 12. The molecule has 12 nitrogen and oxygen atoms in total. The number of nitrogens with two attached hydrogens (primary N) is 1. The van der Waals surface area contributed by atoms with Crippen molar-refractivity contribution in [2.75, 3.05) is 38.0 Å². The topological polar surface area (TPSA) is 157 Å². The number of phenolic OH excluding ortho intramolecular Hbond substituents is 1. The molecule has 13 heteroatoms. The van der Waals surface area contributed by atoms with Crippen LogP contribution in [0.1, 0.15) is 37.3 Å². The molecule has 5 rings (SSSR count). The molecule has 0 saturated carbocycles. The number of nitrogens with zero attached hydrogens (tertiary/aromatic N) is 2. The number of likely N-dealkylation sites (N-methyl/N-ethyl adjacent to an activating group) is 1. The molecule has 1 unspecified atom stereocenters. The second-order valence-electron chi connectivity index (χ2n) is 12.2. The average molecular weight is 654 g/mol. The van der Waals surface area contributed by atoms with Gasteiger partial charge < -0.3 is 39.2 Å². The number of carbonyl (C=O) groups excluding carboxylic acids is 2. The monoisotopic (exact) mass is 653 g/mol. The number of carbonyl (C=O) groups is 2. The minimum absolute atomic E-state index is 0.0905. The summed E-state index contributed by atoms with van der Waals surface area (Å²) in [6.45, 7) is 4.08. The van der Waals surface area contributed by atoms with Crippen LogP contribution >= 0.6 is 0 Å². The summed E-state index contributed by atoms with van der Waals surface area (Å²) in [7, 11) is -1.58. The van der Waals surface area contributed by atoms with E-state index in [-0.39, 0.29) is 36.5 Å². The molecule has 1 saturated heterocycles. The molecule has 3 aromatic rings. The standard InChI is InChI=1S/C33H40N4O8S/c1-3-17-46(41,42)45-28-13-9-25(10-14-28)35-33(40)36(29(32(34)39)18-23-6-11-27(38)12-7-23)26-5-4-16-37(2,21-26)20-24-8-15-30-31(19-24)44-22-43-30/h6-15,19,26,29H,3-5,16-18,20-22H2,1-2H3,(H3-,34,35,38,39,40)/p+1/t26-,29-,37?/m0/s1. The predicted octanol–water partition coefficient (Wildman–Crippen LogP) is 3.98. The Morgan fingerprint density at radius 3 is 2.46 bits per heavy atom. The van der Waals surface area contributed by atoms with Gasteiger partial charge in [-0.25, -0.2) is 4.79 Å². The number of hydrogen-bond acceptors (Lipinski definition) is 8. The van der Waals surface area contributed by atoms with Gasteiger partial charge in [0.2, 0.25) is 12.7 Å². The number of nitrogens with one attached hydrogen (secondary N) is 1. The highest BCUT2D eigenvalue weighted by Gasteiger charge is 2.41. The van der Waals surface area contributed by atoms with Crippen LogP contribution in [-0.2, 0) is 27.9 Å². The molecule has 1 fully saturated rings. The van der Waals surface area contributed by atoms with E-state index in [2.05, 4.69) is 12.4 Å². The van der Waals surface area contributed by atoms with E-state index in [0.29, 0.717) is 47.6 Å². The molecule has 46 heavy (non-hydrogen) atoms. The maximum Gasteiger partial charge on any atom is 0.323 e. The van der Waals surface area contributed by atoms with Crippen molar-refractivity contribution >= 4 is 27.7 Å². The summed E-state index contributed by atoms with van der Waals surface area (Å²) in [6, 6.07) is 16.6. The first-order valence-electron chi connectivity index (χ1n) is 15.3. The largest absolute Gasteiger partial charge is 0.508 e. The number of aromatic hydroxyl groups is 1. The summed E-state index contributed by atoms with van der Waals surface area (Å²) in [5, 5.41) is 12.7. The summed E-state index contributed by atoms with van der Waals surface area (Å²) in [5.74, 6) is 0.891. The van der Waals surface area contributed by atoms with Crippen LogP contribution in [0.25, 0.3) is 0 Å². The van der Waals surface area contributed by atoms with Crippen LogP contribution in [0.4, 0.5) is 10.5 Å². The Morgan fingerprint density at radius 1 is 1.07 bits per heavy atom. The summed E-state index contributed by atoms with van der Waals surface area (Å²) in [4.78, 5) is 28.7. The smallest absolute Gasteiger partial charge is 0.323 e. The van der Waals surface area contributed by atoms with Crippen LogP contribution in [0.5, 0.6) is 23.0 Å². The lowest BCUT2D eigenvalue weighted by Gasteiger charge is -2.46. The minimum Gasteiger partial charge on any atom is -0.508 e. The van der Waals surface area contributed by atoms with E-state index >= 15 is 0 Å². The van der Waals surface area contributed by atoms with E-state index in [9.17, 15) is 23.1 Å². The fourth-order valence-electron chi connectivity index (χ4n) is 6.22. The molecule has 0 aliphatic carbocycles. The quantitative estimate of drug-likeness (QED) is 0.196. The number of primary amides is 1. The minimum atomic E-state index is -3.72. The van der Waals surface area contributed by atoms with Crippen LogP contribution in [0.15, 0.2) is 66.7 Å². The predicted molar refractivity (Wildman–Crippen MR) is 172 cm³/mol. The van der Waals surface area contributed by atoms with Crippen LogP contribution in [0, 0.1) is 0 Å². The van der Waals surface area contributed by atoms with Crippen LogP contribution < -0.4 is 24.7 Å². The van der Waals surface area contributed by atoms with Crippen molar-refractivity contribution in [3.63, 3.8) is 0 Å². The zero-order chi connectivity index (χ0) is 32.9. The maximum atomic E-state index is 14.1. The SMILES string of the molecule is CCCS(=O)(=O)Oc1ccc(NC(=O)N([C@H]2CCC[N+](C)(Cc3ccc4c(c3)OCO4)C2)[C@@H](Cc2ccc(O)cc2)C(N)=O)cc1. The first-order chi connectivity index (χ1) is 21.9. The zero-order valence-electron chi connectivity index (χ0n) is 26.1. The molecule has 3 aromatic carbocycles. The average Bonchev–Trinajstić information content (AvgIpc) is 3.46. The number of quaternary nitrogens is 1. The Kier molecular flexibility index (Phi) is 9.92. The van der Waals surface area contributed by atoms with Crippen LogP contribution in [0.3, 0.4) is 0 Å². The van der Waals surface area contributed by atoms with Crippen molar-refractivity contribution in [2.24, 2.45) is 5.73 Å². The Hall–Kier alpha value is -4.49. The third-order valence-corrected chi connectivity index (χ3v) is 9.68. The Balaban J connectivity index is 1.39. The number of likely N-dealkylation sites (tertiary alicyclic amines) is 1. The number of benzene rings is 3. The molecule has 2 aliphatic heterocycles. The lowest BCUT2D eigenvalue weighted by atomic mass is 9.96. The fraction of sp³-hybridized carbons (Fsp3) is 0.394. The van der Waals surface area contributed by atoms with E-state index in [1.807, 2.05) is 18.2 Å². The normalized spacial score (nSPS) is 19.7. The van der Waals surface area contributed by atoms with Crippen molar-refractivity contribution in [3.8, 4) is 23.0 Å². The lowest BCUT2D eigenvalue weighted by molar-refractivity contribution is -0.928. The summed E-state index contributed by atoms with van der Waals surface area (Å²) >= 11 is 0. The van der Waals surface area contributed by atoms with Gasteiger partial charge >= 0.3 is 16.1 Å². The van der Waals surface area contributed by atoms with Gasteiger partial charge in [-0.15, -0.1) is 0 Å². The molecule has 3 amide bonds. The van der Waals surface area contributed by atoms with E-state index in [4.69, 9.17) is 19.4 Å². The second kappa shape index (κ2) is 13.9. The molecule has 0 aromatic heterocycles. The van der Waals surface area contributed by atoms with Gasteiger partial charge in [-0.05, 0) is 79.4 Å². The summed E-state index contributed by atoms with van der Waals surface area (Å²) in [6.07, 6.45) is 2.07. The van der Waals surface area contributed by atoms with Crippen molar-refractivity contribution in [2.45, 2.75) is 51.2 Å². The molecule has 0 radical (unpaired) electrons. The number of anilines is 1. The van der Waals surface area contributed by atoms with Gasteiger partial charge in [0.25, 0.3) is 0 Å². The third-order valence-electron chi connectivity index (χ3n) is 8.33. The van der Waals surface area contributed by atoms with E-state index in [0.717, 1.165) is 24.1 Å². The molecule has 0 spiro atoms. The van der Waals surface area contributed by atoms with E-state index < -0.39 is 28.1 Å². The van der Waals surface area contributed by atoms with Crippen molar-refractivity contribution < 1.29 is 41.3 Å². The van der Waals surface area contributed by atoms with Gasteiger partial charge in [0.05, 0.1) is 31.9 Å². The Bertz CT molecular complexity index is 1650. The number of amides is 3. The van der Waals surface area contributed by atoms with Crippen molar-refractivity contribution in [1.29, 1.82) is 0 Å². The van der Waals surface area contributed by atoms with Gasteiger partial charge in [-0.3, -0.25) is 4.79 Å². The lowest BCUT2D eigenvalue weighted by Crippen LogP contribution is -2.62. The summed E-state index contributed by atoms with van der Waals surface area (Å²) < 4.78 is 41.0. The van der Waals surface area contributed by atoms with Gasteiger partial charge in [0.15, 0.2) is 11.5 Å². The highest BCUT2D eigenvalue weighted by atomic mass is 32.2. The van der Waals surface area contributed by atoms with E-state index in [1.54, 1.807) is 36.1 Å². The number of piperidine rings is 1. The highest BCUT2D eigenvalue weighted by molar-refractivity contribution is 7.87. The summed E-state index contributed by atoms with van der Waals surface area (Å²) in [5.41, 5.74) is 8.19. The molecule has 3 atom stereocenters. The third kappa shape index (κ3) is 8.20. The number of hydrogen-bond donors (Lipinski definition) is 3. The molecule has 246 valence electrons. The molecular weight excluding hydrogens is 612 g/mol. The van der Waals surface area contributed by atoms with Gasteiger partial charge in [-0.2, -0.15) is 8.42 Å². The maximum absolute atomic E-state index is 14.1. The van der Waals surface area contributed by atoms with Crippen LogP contribution in [-0.4, -0.2) is 79.6 Å². The fourth-order valence-corrected chi connectivity index (χ4v) is 7.21. The number of phenols is 1. The van der Waals surface area contributed by atoms with Crippen molar-refractivity contribution in [1.82, 2.24) is 4.90 Å².